The predicted octanol–water partition coefficient (Wildman–Crippen LogP) is 6.45. The van der Waals surface area contributed by atoms with E-state index in [4.69, 9.17) is 9.47 Å². The van der Waals surface area contributed by atoms with Crippen LogP contribution in [0.15, 0.2) is 0 Å². The molecule has 0 rings (SSSR count). The number of rotatable bonds is 28. The number of unbranched alkanes of at least 4 members (excludes halogenated alkanes) is 16. The first kappa shape index (κ1) is 35.8. The molecule has 1 unspecified atom stereocenters. The maximum absolute atomic E-state index is 12.3. The third kappa shape index (κ3) is 26.8. The highest BCUT2D eigenvalue weighted by atomic mass is 32.2. The standard InChI is InChI=1S/C27H56O7S2/c1-4-5-6-7-8-9-10-11-12-13-14-15-16-17-18-19-22-33-25-27(32-2)26-36(30,31)24-21-20-23-34-35(3,28)29/h27H,4-26H2,1-3H3. The molecule has 0 heterocycles. The van der Waals surface area contributed by atoms with Crippen LogP contribution in [0, 0.1) is 0 Å². The Balaban J connectivity index is 3.54. The van der Waals surface area contributed by atoms with E-state index in [1.165, 1.54) is 97.0 Å². The zero-order chi connectivity index (χ0) is 27.0. The summed E-state index contributed by atoms with van der Waals surface area (Å²) in [5, 5.41) is 0. The molecule has 218 valence electrons. The number of hydrogen-bond donors (Lipinski definition) is 0. The van der Waals surface area contributed by atoms with Gasteiger partial charge in [-0.25, -0.2) is 8.42 Å². The summed E-state index contributed by atoms with van der Waals surface area (Å²) in [5.74, 6) is -0.103. The van der Waals surface area contributed by atoms with E-state index < -0.39 is 26.1 Å². The molecule has 0 fully saturated rings. The van der Waals surface area contributed by atoms with Crippen LogP contribution in [0.4, 0.5) is 0 Å². The molecule has 0 aliphatic heterocycles. The Bertz CT molecular complexity index is 678. The van der Waals surface area contributed by atoms with Crippen molar-refractivity contribution in [1.82, 2.24) is 0 Å². The summed E-state index contributed by atoms with van der Waals surface area (Å²) in [6, 6.07) is 0. The van der Waals surface area contributed by atoms with Crippen LogP contribution in [-0.2, 0) is 33.6 Å². The lowest BCUT2D eigenvalue weighted by Crippen LogP contribution is -2.29. The molecule has 7 nitrogen and oxygen atoms in total. The van der Waals surface area contributed by atoms with E-state index in [-0.39, 0.29) is 24.7 Å². The molecule has 0 N–H and O–H groups in total. The molecule has 0 amide bonds. The Morgan fingerprint density at radius 2 is 1.06 bits per heavy atom. The largest absolute Gasteiger partial charge is 0.379 e. The maximum atomic E-state index is 12.3. The van der Waals surface area contributed by atoms with Gasteiger partial charge in [-0.15, -0.1) is 0 Å². The fourth-order valence-corrected chi connectivity index (χ4v) is 6.18. The van der Waals surface area contributed by atoms with Crippen LogP contribution in [0.2, 0.25) is 0 Å². The van der Waals surface area contributed by atoms with E-state index in [2.05, 4.69) is 11.1 Å². The van der Waals surface area contributed by atoms with Crippen molar-refractivity contribution in [1.29, 1.82) is 0 Å². The maximum Gasteiger partial charge on any atom is 0.264 e. The lowest BCUT2D eigenvalue weighted by atomic mass is 10.0. The Morgan fingerprint density at radius 1 is 0.611 bits per heavy atom. The van der Waals surface area contributed by atoms with E-state index in [0.717, 1.165) is 19.1 Å². The molecule has 36 heavy (non-hydrogen) atoms. The van der Waals surface area contributed by atoms with Crippen molar-refractivity contribution in [3.63, 3.8) is 0 Å². The normalized spacial score (nSPS) is 13.3. The molecule has 0 bridgehead atoms. The minimum atomic E-state index is -3.48. The van der Waals surface area contributed by atoms with Crippen LogP contribution in [0.1, 0.15) is 122 Å². The number of sulfone groups is 1. The fraction of sp³-hybridized carbons (Fsp3) is 1.00. The number of hydrogen-bond acceptors (Lipinski definition) is 7. The second-order valence-corrected chi connectivity index (χ2v) is 14.0. The minimum Gasteiger partial charge on any atom is -0.379 e. The van der Waals surface area contributed by atoms with Gasteiger partial charge in [0.1, 0.15) is 0 Å². The molecule has 0 radical (unpaired) electrons. The van der Waals surface area contributed by atoms with Crippen molar-refractivity contribution in [3.8, 4) is 0 Å². The summed E-state index contributed by atoms with van der Waals surface area (Å²) in [7, 11) is -5.28. The van der Waals surface area contributed by atoms with Gasteiger partial charge in [-0.3, -0.25) is 4.18 Å². The second kappa shape index (κ2) is 23.9. The first-order valence-corrected chi connectivity index (χ1v) is 18.0. The SMILES string of the molecule is CCCCCCCCCCCCCCCCCCOCC(CS(=O)(=O)CCCCOS(C)(=O)=O)OC. The molecule has 1 atom stereocenters. The van der Waals surface area contributed by atoms with Crippen LogP contribution in [0.25, 0.3) is 0 Å². The van der Waals surface area contributed by atoms with Gasteiger partial charge in [-0.1, -0.05) is 103 Å². The van der Waals surface area contributed by atoms with Crippen molar-refractivity contribution in [3.05, 3.63) is 0 Å². The van der Waals surface area contributed by atoms with Gasteiger partial charge in [0.25, 0.3) is 10.1 Å². The van der Waals surface area contributed by atoms with Gasteiger partial charge in [-0.2, -0.15) is 8.42 Å². The Hall–Kier alpha value is -0.220. The van der Waals surface area contributed by atoms with Crippen LogP contribution in [0.3, 0.4) is 0 Å². The predicted molar refractivity (Wildman–Crippen MR) is 150 cm³/mol. The molecular formula is C27H56O7S2. The van der Waals surface area contributed by atoms with Crippen LogP contribution in [-0.4, -0.2) is 67.6 Å². The van der Waals surface area contributed by atoms with E-state index >= 15 is 0 Å². The van der Waals surface area contributed by atoms with Crippen molar-refractivity contribution < 1.29 is 30.5 Å². The summed E-state index contributed by atoms with van der Waals surface area (Å²) >= 11 is 0. The highest BCUT2D eigenvalue weighted by molar-refractivity contribution is 7.91. The van der Waals surface area contributed by atoms with Crippen LogP contribution < -0.4 is 0 Å². The number of methoxy groups -OCH3 is 1. The molecule has 0 aliphatic carbocycles. The minimum absolute atomic E-state index is 0.00444. The summed E-state index contributed by atoms with van der Waals surface area (Å²) in [6.45, 7) is 3.17. The summed E-state index contributed by atoms with van der Waals surface area (Å²) in [6.07, 6.45) is 22.5. The topological polar surface area (TPSA) is 96.0 Å². The van der Waals surface area contributed by atoms with Crippen LogP contribution in [0.5, 0.6) is 0 Å². The third-order valence-electron chi connectivity index (χ3n) is 6.37. The molecule has 0 saturated heterocycles. The molecule has 0 saturated carbocycles. The average Bonchev–Trinajstić information content (AvgIpc) is 2.81. The van der Waals surface area contributed by atoms with E-state index in [0.29, 0.717) is 19.4 Å². The quantitative estimate of drug-likeness (QED) is 0.0807. The molecule has 0 aromatic rings. The van der Waals surface area contributed by atoms with Crippen molar-refractivity contribution in [2.75, 3.05) is 44.7 Å². The van der Waals surface area contributed by atoms with Gasteiger partial charge < -0.3 is 9.47 Å². The molecular weight excluding hydrogens is 500 g/mol. The van der Waals surface area contributed by atoms with Gasteiger partial charge in [0, 0.05) is 13.7 Å². The van der Waals surface area contributed by atoms with E-state index in [1.807, 2.05) is 0 Å². The van der Waals surface area contributed by atoms with Crippen molar-refractivity contribution in [2.24, 2.45) is 0 Å². The lowest BCUT2D eigenvalue weighted by Gasteiger charge is -2.16. The zero-order valence-corrected chi connectivity index (χ0v) is 25.1. The Labute approximate surface area is 223 Å². The Kier molecular flexibility index (Phi) is 23.7. The summed E-state index contributed by atoms with van der Waals surface area (Å²) in [5.41, 5.74) is 0. The monoisotopic (exact) mass is 556 g/mol. The van der Waals surface area contributed by atoms with Gasteiger partial charge in [0.2, 0.25) is 0 Å². The molecule has 0 aromatic heterocycles. The smallest absolute Gasteiger partial charge is 0.264 e. The summed E-state index contributed by atoms with van der Waals surface area (Å²) in [4.78, 5) is 0. The highest BCUT2D eigenvalue weighted by Crippen LogP contribution is 2.14. The first-order chi connectivity index (χ1) is 17.2. The van der Waals surface area contributed by atoms with Crippen LogP contribution >= 0.6 is 0 Å². The summed E-state index contributed by atoms with van der Waals surface area (Å²) < 4.78 is 61.9. The molecule has 0 spiro atoms. The second-order valence-electron chi connectivity index (χ2n) is 10.1. The van der Waals surface area contributed by atoms with E-state index in [9.17, 15) is 16.8 Å². The van der Waals surface area contributed by atoms with Gasteiger partial charge >= 0.3 is 0 Å². The highest BCUT2D eigenvalue weighted by Gasteiger charge is 2.19. The zero-order valence-electron chi connectivity index (χ0n) is 23.5. The van der Waals surface area contributed by atoms with Crippen molar-refractivity contribution in [2.45, 2.75) is 129 Å². The van der Waals surface area contributed by atoms with Gasteiger partial charge in [0.05, 0.1) is 37.1 Å². The third-order valence-corrected chi connectivity index (χ3v) is 8.75. The molecule has 9 heteroatoms. The van der Waals surface area contributed by atoms with E-state index in [1.54, 1.807) is 0 Å². The lowest BCUT2D eigenvalue weighted by molar-refractivity contribution is 0.0190. The van der Waals surface area contributed by atoms with Gasteiger partial charge in [-0.05, 0) is 19.3 Å². The number of ether oxygens (including phenoxy) is 2. The van der Waals surface area contributed by atoms with Crippen molar-refractivity contribution >= 4 is 20.0 Å². The average molecular weight is 557 g/mol. The molecule has 0 aliphatic rings. The Morgan fingerprint density at radius 3 is 1.50 bits per heavy atom. The fourth-order valence-electron chi connectivity index (χ4n) is 4.15. The molecule has 0 aromatic carbocycles. The first-order valence-electron chi connectivity index (χ1n) is 14.4. The van der Waals surface area contributed by atoms with Gasteiger partial charge in [0.15, 0.2) is 9.84 Å².